The van der Waals surface area contributed by atoms with E-state index in [2.05, 4.69) is 25.4 Å². The molecule has 19 heavy (non-hydrogen) atoms. The van der Waals surface area contributed by atoms with Crippen molar-refractivity contribution in [3.05, 3.63) is 23.7 Å². The van der Waals surface area contributed by atoms with Gasteiger partial charge in [0, 0.05) is 25.5 Å². The zero-order chi connectivity index (χ0) is 13.2. The van der Waals surface area contributed by atoms with E-state index in [1.54, 1.807) is 23.4 Å². The van der Waals surface area contributed by atoms with Gasteiger partial charge in [-0.2, -0.15) is 20.1 Å². The van der Waals surface area contributed by atoms with Crippen LogP contribution in [0.4, 0.5) is 5.95 Å². The predicted octanol–water partition coefficient (Wildman–Crippen LogP) is -0.353. The van der Waals surface area contributed by atoms with Crippen LogP contribution in [0.15, 0.2) is 18.5 Å². The molecule has 1 aliphatic rings. The normalized spacial score (nSPS) is 15.4. The molecule has 0 saturated carbocycles. The van der Waals surface area contributed by atoms with Crippen LogP contribution in [0.3, 0.4) is 0 Å². The number of carbonyl (C=O) groups is 1. The molecule has 0 aliphatic carbocycles. The standard InChI is InChI=1S/C10H10ClN7O/c11-8-14-9(17-5-3-12-7(19)6-17)16-10(15-8)18-4-1-2-13-18/h1-2,4H,3,5-6H2,(H,12,19). The number of hydrogen-bond donors (Lipinski definition) is 1. The van der Waals surface area contributed by atoms with E-state index in [4.69, 9.17) is 11.6 Å². The minimum atomic E-state index is -0.0663. The summed E-state index contributed by atoms with van der Waals surface area (Å²) < 4.78 is 1.49. The van der Waals surface area contributed by atoms with E-state index < -0.39 is 0 Å². The van der Waals surface area contributed by atoms with E-state index in [9.17, 15) is 4.79 Å². The highest BCUT2D eigenvalue weighted by Gasteiger charge is 2.20. The zero-order valence-electron chi connectivity index (χ0n) is 9.82. The Hall–Kier alpha value is -2.22. The van der Waals surface area contributed by atoms with E-state index in [1.807, 2.05) is 0 Å². The molecule has 0 radical (unpaired) electrons. The molecule has 0 atom stereocenters. The summed E-state index contributed by atoms with van der Waals surface area (Å²) in [4.78, 5) is 25.5. The second-order valence-electron chi connectivity index (χ2n) is 3.93. The van der Waals surface area contributed by atoms with Gasteiger partial charge in [0.25, 0.3) is 5.95 Å². The lowest BCUT2D eigenvalue weighted by atomic mass is 10.4. The van der Waals surface area contributed by atoms with Crippen LogP contribution in [0.1, 0.15) is 0 Å². The Labute approximate surface area is 113 Å². The molecule has 1 amide bonds. The van der Waals surface area contributed by atoms with Gasteiger partial charge in [-0.25, -0.2) is 4.68 Å². The number of hydrogen-bond acceptors (Lipinski definition) is 6. The van der Waals surface area contributed by atoms with E-state index in [-0.39, 0.29) is 17.7 Å². The molecule has 2 aromatic rings. The quantitative estimate of drug-likeness (QED) is 0.808. The lowest BCUT2D eigenvalue weighted by Gasteiger charge is -2.26. The molecule has 1 aliphatic heterocycles. The molecule has 3 rings (SSSR count). The van der Waals surface area contributed by atoms with Crippen molar-refractivity contribution in [1.29, 1.82) is 0 Å². The highest BCUT2D eigenvalue weighted by Crippen LogP contribution is 2.13. The third-order valence-electron chi connectivity index (χ3n) is 2.62. The number of aromatic nitrogens is 5. The average Bonchev–Trinajstić information content (AvgIpc) is 2.92. The van der Waals surface area contributed by atoms with Crippen molar-refractivity contribution in [2.75, 3.05) is 24.5 Å². The molecule has 1 N–H and O–H groups in total. The monoisotopic (exact) mass is 279 g/mol. The first-order valence-electron chi connectivity index (χ1n) is 5.65. The number of amides is 1. The highest BCUT2D eigenvalue weighted by molar-refractivity contribution is 6.28. The van der Waals surface area contributed by atoms with Crippen molar-refractivity contribution in [2.24, 2.45) is 0 Å². The number of piperazine rings is 1. The Morgan fingerprint density at radius 1 is 1.26 bits per heavy atom. The topological polar surface area (TPSA) is 88.8 Å². The fraction of sp³-hybridized carbons (Fsp3) is 0.300. The molecule has 98 valence electrons. The van der Waals surface area contributed by atoms with Gasteiger partial charge in [0.05, 0.1) is 6.54 Å². The van der Waals surface area contributed by atoms with Gasteiger partial charge >= 0.3 is 0 Å². The van der Waals surface area contributed by atoms with E-state index in [1.165, 1.54) is 4.68 Å². The second-order valence-corrected chi connectivity index (χ2v) is 4.26. The molecule has 1 saturated heterocycles. The molecular formula is C10H10ClN7O. The van der Waals surface area contributed by atoms with Gasteiger partial charge in [0.2, 0.25) is 17.1 Å². The first kappa shape index (κ1) is 11.8. The van der Waals surface area contributed by atoms with Crippen molar-refractivity contribution >= 4 is 23.5 Å². The molecule has 8 nitrogen and oxygen atoms in total. The molecule has 0 bridgehead atoms. The summed E-state index contributed by atoms with van der Waals surface area (Å²) in [6.07, 6.45) is 3.32. The molecule has 0 unspecified atom stereocenters. The number of nitrogens with one attached hydrogen (secondary N) is 1. The van der Waals surface area contributed by atoms with Gasteiger partial charge in [0.1, 0.15) is 0 Å². The molecule has 9 heteroatoms. The third-order valence-corrected chi connectivity index (χ3v) is 2.78. The Morgan fingerprint density at radius 3 is 2.84 bits per heavy atom. The van der Waals surface area contributed by atoms with Crippen molar-refractivity contribution in [2.45, 2.75) is 0 Å². The molecule has 3 heterocycles. The number of nitrogens with zero attached hydrogens (tertiary/aromatic N) is 6. The van der Waals surface area contributed by atoms with E-state index in [0.717, 1.165) is 0 Å². The predicted molar refractivity (Wildman–Crippen MR) is 67.2 cm³/mol. The van der Waals surface area contributed by atoms with Crippen molar-refractivity contribution in [3.8, 4) is 5.95 Å². The van der Waals surface area contributed by atoms with Gasteiger partial charge in [-0.15, -0.1) is 0 Å². The summed E-state index contributed by atoms with van der Waals surface area (Å²) in [5.41, 5.74) is 0. The number of anilines is 1. The molecule has 0 spiro atoms. The summed E-state index contributed by atoms with van der Waals surface area (Å²) >= 11 is 5.89. The zero-order valence-corrected chi connectivity index (χ0v) is 10.6. The first-order chi connectivity index (χ1) is 9.22. The van der Waals surface area contributed by atoms with Crippen LogP contribution in [0, 0.1) is 0 Å². The van der Waals surface area contributed by atoms with Crippen LogP contribution in [-0.2, 0) is 4.79 Å². The van der Waals surface area contributed by atoms with Gasteiger partial charge in [-0.1, -0.05) is 0 Å². The van der Waals surface area contributed by atoms with E-state index >= 15 is 0 Å². The summed E-state index contributed by atoms with van der Waals surface area (Å²) in [6, 6.07) is 1.76. The van der Waals surface area contributed by atoms with Gasteiger partial charge in [-0.3, -0.25) is 4.79 Å². The smallest absolute Gasteiger partial charge is 0.256 e. The Bertz CT molecular complexity index is 600. The molecule has 1 fully saturated rings. The molecular weight excluding hydrogens is 270 g/mol. The fourth-order valence-corrected chi connectivity index (χ4v) is 1.92. The van der Waals surface area contributed by atoms with Crippen LogP contribution >= 0.6 is 11.6 Å². The summed E-state index contributed by atoms with van der Waals surface area (Å²) in [6.45, 7) is 1.39. The van der Waals surface area contributed by atoms with Crippen LogP contribution in [0.5, 0.6) is 0 Å². The minimum absolute atomic E-state index is 0.0663. The van der Waals surface area contributed by atoms with Gasteiger partial charge < -0.3 is 10.2 Å². The number of carbonyl (C=O) groups excluding carboxylic acids is 1. The lowest BCUT2D eigenvalue weighted by molar-refractivity contribution is -0.120. The Kier molecular flexibility index (Phi) is 3.00. The largest absolute Gasteiger partial charge is 0.353 e. The van der Waals surface area contributed by atoms with Gasteiger partial charge in [0.15, 0.2) is 0 Å². The second kappa shape index (κ2) is 4.81. The summed E-state index contributed by atoms with van der Waals surface area (Å²) in [5, 5.41) is 6.84. The van der Waals surface area contributed by atoms with Crippen molar-refractivity contribution < 1.29 is 4.79 Å². The van der Waals surface area contributed by atoms with Crippen LogP contribution in [0.25, 0.3) is 5.95 Å². The van der Waals surface area contributed by atoms with E-state index in [0.29, 0.717) is 25.0 Å². The number of halogens is 1. The van der Waals surface area contributed by atoms with Crippen LogP contribution < -0.4 is 10.2 Å². The Balaban J connectivity index is 1.95. The van der Waals surface area contributed by atoms with Crippen LogP contribution in [-0.4, -0.2) is 50.3 Å². The summed E-state index contributed by atoms with van der Waals surface area (Å²) in [7, 11) is 0. The SMILES string of the molecule is O=C1CN(c2nc(Cl)nc(-n3cccn3)n2)CCN1. The maximum Gasteiger partial charge on any atom is 0.256 e. The van der Waals surface area contributed by atoms with Crippen molar-refractivity contribution in [1.82, 2.24) is 30.0 Å². The average molecular weight is 280 g/mol. The molecule has 0 aromatic carbocycles. The highest BCUT2D eigenvalue weighted by atomic mass is 35.5. The first-order valence-corrected chi connectivity index (χ1v) is 6.03. The number of rotatable bonds is 2. The fourth-order valence-electron chi connectivity index (χ4n) is 1.77. The van der Waals surface area contributed by atoms with Crippen LogP contribution in [0.2, 0.25) is 5.28 Å². The maximum atomic E-state index is 11.4. The third kappa shape index (κ3) is 2.48. The Morgan fingerprint density at radius 2 is 2.11 bits per heavy atom. The lowest BCUT2D eigenvalue weighted by Crippen LogP contribution is -2.48. The minimum Gasteiger partial charge on any atom is -0.353 e. The summed E-state index contributed by atoms with van der Waals surface area (Å²) in [5.74, 6) is 0.634. The maximum absolute atomic E-state index is 11.4. The van der Waals surface area contributed by atoms with Crippen molar-refractivity contribution in [3.63, 3.8) is 0 Å². The molecule has 2 aromatic heterocycles. The van der Waals surface area contributed by atoms with Gasteiger partial charge in [-0.05, 0) is 17.7 Å².